The van der Waals surface area contributed by atoms with Gasteiger partial charge in [-0.15, -0.1) is 0 Å². The van der Waals surface area contributed by atoms with Gasteiger partial charge < -0.3 is 16.4 Å². The van der Waals surface area contributed by atoms with Crippen molar-refractivity contribution in [2.24, 2.45) is 10.9 Å². The minimum Gasteiger partial charge on any atom is -0.382 e. The van der Waals surface area contributed by atoms with E-state index in [0.29, 0.717) is 35.8 Å². The molecule has 8 nitrogen and oxygen atoms in total. The number of nitrogen functional groups attached to an aromatic ring is 1. The number of hydrogen-bond acceptors (Lipinski definition) is 5. The van der Waals surface area contributed by atoms with Gasteiger partial charge in [0.1, 0.15) is 17.5 Å². The minimum atomic E-state index is 0.388. The van der Waals surface area contributed by atoms with Gasteiger partial charge >= 0.3 is 0 Å². The largest absolute Gasteiger partial charge is 0.382 e. The highest BCUT2D eigenvalue weighted by Crippen LogP contribution is 2.22. The fraction of sp³-hybridized carbons (Fsp3) is 0.542. The van der Waals surface area contributed by atoms with E-state index in [4.69, 9.17) is 5.73 Å². The summed E-state index contributed by atoms with van der Waals surface area (Å²) in [5, 5.41) is 21.2. The fourth-order valence-corrected chi connectivity index (χ4v) is 4.10. The van der Waals surface area contributed by atoms with Crippen molar-refractivity contribution in [2.45, 2.75) is 52.6 Å². The summed E-state index contributed by atoms with van der Waals surface area (Å²) < 4.78 is 1.66. The Bertz CT molecular complexity index is 967. The van der Waals surface area contributed by atoms with E-state index in [1.807, 2.05) is 31.2 Å². The number of nitrogens with two attached hydrogens (primary N) is 1. The van der Waals surface area contributed by atoms with Crippen LogP contribution in [0.3, 0.4) is 0 Å². The van der Waals surface area contributed by atoms with Crippen molar-refractivity contribution in [1.82, 2.24) is 25.3 Å². The molecule has 172 valence electrons. The van der Waals surface area contributed by atoms with Crippen LogP contribution in [0.25, 0.3) is 5.69 Å². The molecule has 4 N–H and O–H groups in total. The van der Waals surface area contributed by atoms with Crippen molar-refractivity contribution in [3.8, 4) is 11.8 Å². The summed E-state index contributed by atoms with van der Waals surface area (Å²) in [4.78, 5) is 6.88. The molecule has 3 rings (SSSR count). The average molecular weight is 437 g/mol. The van der Waals surface area contributed by atoms with E-state index in [2.05, 4.69) is 52.5 Å². The molecule has 2 aromatic rings. The van der Waals surface area contributed by atoms with Gasteiger partial charge in [0, 0.05) is 38.8 Å². The molecular formula is C24H36N8. The van der Waals surface area contributed by atoms with Gasteiger partial charge in [0.05, 0.1) is 11.4 Å². The lowest BCUT2D eigenvalue weighted by atomic mass is 10.1. The highest BCUT2D eigenvalue weighted by Gasteiger charge is 2.31. The first-order valence-corrected chi connectivity index (χ1v) is 11.4. The highest BCUT2D eigenvalue weighted by atomic mass is 15.3. The number of aromatic nitrogens is 2. The molecule has 1 saturated heterocycles. The van der Waals surface area contributed by atoms with Crippen molar-refractivity contribution in [1.29, 1.82) is 5.26 Å². The van der Waals surface area contributed by atoms with Crippen molar-refractivity contribution < 1.29 is 0 Å². The maximum Gasteiger partial charge on any atom is 0.191 e. The molecule has 1 aromatic heterocycles. The summed E-state index contributed by atoms with van der Waals surface area (Å²) in [6.45, 7) is 11.7. The third-order valence-electron chi connectivity index (χ3n) is 6.18. The molecule has 0 radical (unpaired) electrons. The molecular weight excluding hydrogens is 400 g/mol. The third kappa shape index (κ3) is 5.40. The van der Waals surface area contributed by atoms with Gasteiger partial charge in [-0.05, 0) is 51.7 Å². The summed E-state index contributed by atoms with van der Waals surface area (Å²) in [6, 6.07) is 11.1. The quantitative estimate of drug-likeness (QED) is 0.350. The van der Waals surface area contributed by atoms with Gasteiger partial charge in [-0.2, -0.15) is 10.4 Å². The molecule has 2 heterocycles. The number of nitriles is 1. The van der Waals surface area contributed by atoms with Crippen molar-refractivity contribution in [2.75, 3.05) is 32.4 Å². The summed E-state index contributed by atoms with van der Waals surface area (Å²) >= 11 is 0. The zero-order valence-electron chi connectivity index (χ0n) is 19.9. The predicted octanol–water partition coefficient (Wildman–Crippen LogP) is 2.46. The molecule has 0 bridgehead atoms. The van der Waals surface area contributed by atoms with Crippen molar-refractivity contribution in [3.63, 3.8) is 0 Å². The molecule has 1 fully saturated rings. The molecule has 32 heavy (non-hydrogen) atoms. The number of aliphatic imine (C=N–C) groups is 1. The van der Waals surface area contributed by atoms with Gasteiger partial charge in [-0.1, -0.05) is 24.6 Å². The van der Waals surface area contributed by atoms with E-state index in [1.165, 1.54) is 0 Å². The average Bonchev–Trinajstić information content (AvgIpc) is 3.30. The standard InChI is InChI=1S/C24H36N8/c1-16(2)31-14-18(4)22(15-31)29-24(27-5)28-12-6-7-21-20(13-25)23(26)32(30-21)19-10-8-17(3)9-11-19/h8-11,16,18,22H,6-7,12,14-15,26H2,1-5H3,(H2,27,28,29). The number of guanidine groups is 1. The van der Waals surface area contributed by atoms with E-state index >= 15 is 0 Å². The van der Waals surface area contributed by atoms with Crippen molar-refractivity contribution in [3.05, 3.63) is 41.1 Å². The van der Waals surface area contributed by atoms with E-state index in [9.17, 15) is 5.26 Å². The minimum absolute atomic E-state index is 0.388. The summed E-state index contributed by atoms with van der Waals surface area (Å²) in [7, 11) is 1.80. The number of nitrogens with zero attached hydrogens (tertiary/aromatic N) is 5. The number of nitrogens with one attached hydrogen (secondary N) is 2. The first-order chi connectivity index (χ1) is 15.3. The van der Waals surface area contributed by atoms with Gasteiger partial charge in [0.2, 0.25) is 0 Å². The Labute approximate surface area is 191 Å². The van der Waals surface area contributed by atoms with E-state index in [1.54, 1.807) is 11.7 Å². The number of anilines is 1. The van der Waals surface area contributed by atoms with Gasteiger partial charge in [0.15, 0.2) is 5.96 Å². The smallest absolute Gasteiger partial charge is 0.191 e. The highest BCUT2D eigenvalue weighted by molar-refractivity contribution is 5.80. The molecule has 0 aliphatic carbocycles. The third-order valence-corrected chi connectivity index (χ3v) is 6.18. The van der Waals surface area contributed by atoms with Crippen LogP contribution in [0.5, 0.6) is 0 Å². The molecule has 8 heteroatoms. The molecule has 2 unspecified atom stereocenters. The van der Waals surface area contributed by atoms with Gasteiger partial charge in [0.25, 0.3) is 0 Å². The normalized spacial score (nSPS) is 19.3. The summed E-state index contributed by atoms with van der Waals surface area (Å²) in [5.74, 6) is 1.78. The molecule has 0 saturated carbocycles. The maximum absolute atomic E-state index is 9.60. The van der Waals surface area contributed by atoms with Crippen LogP contribution in [-0.2, 0) is 6.42 Å². The number of hydrogen-bond donors (Lipinski definition) is 3. The van der Waals surface area contributed by atoms with E-state index in [0.717, 1.165) is 49.0 Å². The van der Waals surface area contributed by atoms with E-state index < -0.39 is 0 Å². The Morgan fingerprint density at radius 3 is 2.62 bits per heavy atom. The predicted molar refractivity (Wildman–Crippen MR) is 130 cm³/mol. The fourth-order valence-electron chi connectivity index (χ4n) is 4.10. The second kappa shape index (κ2) is 10.5. The van der Waals surface area contributed by atoms with Crippen LogP contribution in [-0.4, -0.2) is 59.4 Å². The lowest BCUT2D eigenvalue weighted by molar-refractivity contribution is 0.265. The molecule has 2 atom stereocenters. The summed E-state index contributed by atoms with van der Waals surface area (Å²) in [6.07, 6.45) is 1.48. The van der Waals surface area contributed by atoms with Crippen LogP contribution in [0, 0.1) is 24.2 Å². The van der Waals surface area contributed by atoms with Gasteiger partial charge in [-0.25, -0.2) is 4.68 Å². The second-order valence-electron chi connectivity index (χ2n) is 8.94. The van der Waals surface area contributed by atoms with Crippen LogP contribution < -0.4 is 16.4 Å². The number of benzene rings is 1. The SMILES string of the molecule is CN=C(NCCCc1nn(-c2ccc(C)cc2)c(N)c1C#N)NC1CN(C(C)C)CC1C. The van der Waals surface area contributed by atoms with Crippen LogP contribution >= 0.6 is 0 Å². The molecule has 1 aliphatic heterocycles. The van der Waals surface area contributed by atoms with Crippen molar-refractivity contribution >= 4 is 11.8 Å². The number of likely N-dealkylation sites (tertiary alicyclic amines) is 1. The van der Waals surface area contributed by atoms with Gasteiger partial charge in [-0.3, -0.25) is 9.89 Å². The lowest BCUT2D eigenvalue weighted by Gasteiger charge is -2.21. The Balaban J connectivity index is 1.55. The monoisotopic (exact) mass is 436 g/mol. The lowest BCUT2D eigenvalue weighted by Crippen LogP contribution is -2.47. The second-order valence-corrected chi connectivity index (χ2v) is 8.94. The molecule has 1 aromatic carbocycles. The zero-order valence-corrected chi connectivity index (χ0v) is 19.9. The summed E-state index contributed by atoms with van der Waals surface area (Å²) in [5.41, 5.74) is 9.44. The zero-order chi connectivity index (χ0) is 23.3. The Kier molecular flexibility index (Phi) is 7.75. The number of rotatable bonds is 7. The number of aryl methyl sites for hydroxylation is 2. The van der Waals surface area contributed by atoms with Crippen LogP contribution in [0.1, 0.15) is 44.0 Å². The molecule has 0 amide bonds. The Morgan fingerprint density at radius 2 is 2.03 bits per heavy atom. The Morgan fingerprint density at radius 1 is 1.31 bits per heavy atom. The van der Waals surface area contributed by atoms with Crippen LogP contribution in [0.4, 0.5) is 5.82 Å². The molecule has 1 aliphatic rings. The van der Waals surface area contributed by atoms with E-state index in [-0.39, 0.29) is 0 Å². The molecule has 0 spiro atoms. The first kappa shape index (κ1) is 23.6. The maximum atomic E-state index is 9.60. The van der Waals surface area contributed by atoms with Crippen LogP contribution in [0.15, 0.2) is 29.3 Å². The first-order valence-electron chi connectivity index (χ1n) is 11.4. The van der Waals surface area contributed by atoms with Crippen LogP contribution in [0.2, 0.25) is 0 Å². The Hall–Kier alpha value is -3.05. The topological polar surface area (TPSA) is 107 Å².